The third kappa shape index (κ3) is 9.00. The van der Waals surface area contributed by atoms with E-state index in [9.17, 15) is 13.2 Å². The Bertz CT molecular complexity index is 703. The fourth-order valence-corrected chi connectivity index (χ4v) is 4.34. The second-order valence-corrected chi connectivity index (χ2v) is 8.30. The summed E-state index contributed by atoms with van der Waals surface area (Å²) in [5, 5.41) is 3.46. The molecular weight excluding hydrogens is 516 g/mol. The van der Waals surface area contributed by atoms with Crippen LogP contribution in [-0.4, -0.2) is 68.3 Å². The molecule has 1 aromatic carbocycles. The van der Waals surface area contributed by atoms with E-state index in [1.54, 1.807) is 0 Å². The van der Waals surface area contributed by atoms with E-state index < -0.39 is 12.7 Å². The Labute approximate surface area is 201 Å². The summed E-state index contributed by atoms with van der Waals surface area (Å²) in [6.45, 7) is 3.03. The molecule has 0 aromatic heterocycles. The third-order valence-corrected chi connectivity index (χ3v) is 6.03. The molecule has 2 heterocycles. The highest BCUT2D eigenvalue weighted by Crippen LogP contribution is 2.24. The maximum Gasteiger partial charge on any atom is 0.401 e. The van der Waals surface area contributed by atoms with Crippen LogP contribution in [0.4, 0.5) is 13.2 Å². The third-order valence-electron chi connectivity index (χ3n) is 6.03. The molecule has 4 nitrogen and oxygen atoms in total. The summed E-state index contributed by atoms with van der Waals surface area (Å²) in [5.74, 6) is 1.42. The van der Waals surface area contributed by atoms with Crippen molar-refractivity contribution in [2.75, 3.05) is 46.3 Å². The molecular formula is C23H34F3IN4. The van der Waals surface area contributed by atoms with Crippen LogP contribution < -0.4 is 5.32 Å². The molecule has 2 aliphatic rings. The topological polar surface area (TPSA) is 30.9 Å². The quantitative estimate of drug-likeness (QED) is 0.317. The molecule has 174 valence electrons. The largest absolute Gasteiger partial charge is 0.401 e. The Morgan fingerprint density at radius 3 is 2.32 bits per heavy atom. The number of guanidine groups is 1. The maximum atomic E-state index is 12.5. The van der Waals surface area contributed by atoms with Crippen LogP contribution in [0.5, 0.6) is 0 Å². The monoisotopic (exact) mass is 550 g/mol. The van der Waals surface area contributed by atoms with Crippen LogP contribution in [0.3, 0.4) is 0 Å². The summed E-state index contributed by atoms with van der Waals surface area (Å²) >= 11 is 0. The molecule has 0 radical (unpaired) electrons. The number of nitrogens with zero attached hydrogens (tertiary/aromatic N) is 3. The Balaban J connectivity index is 0.00000341. The number of likely N-dealkylation sites (tertiary alicyclic amines) is 2. The molecule has 0 unspecified atom stereocenters. The number of piperidine rings is 2. The fourth-order valence-electron chi connectivity index (χ4n) is 4.34. The van der Waals surface area contributed by atoms with Crippen molar-refractivity contribution in [1.29, 1.82) is 0 Å². The number of halogens is 4. The lowest BCUT2D eigenvalue weighted by atomic mass is 9.93. The second-order valence-electron chi connectivity index (χ2n) is 8.30. The SMILES string of the molecule is CN=C(NCCC1CCN(CC(F)(F)F)CC1)N1CCC(=Cc2ccccc2)CC1.I. The van der Waals surface area contributed by atoms with Gasteiger partial charge in [0.2, 0.25) is 0 Å². The number of benzene rings is 1. The van der Waals surface area contributed by atoms with Crippen LogP contribution in [0.1, 0.15) is 37.7 Å². The molecule has 1 N–H and O–H groups in total. The zero-order valence-electron chi connectivity index (χ0n) is 18.2. The van der Waals surface area contributed by atoms with Crippen LogP contribution >= 0.6 is 24.0 Å². The van der Waals surface area contributed by atoms with Crippen LogP contribution in [0.25, 0.3) is 6.08 Å². The summed E-state index contributed by atoms with van der Waals surface area (Å²) in [6, 6.07) is 10.4. The van der Waals surface area contributed by atoms with Crippen molar-refractivity contribution in [2.45, 2.75) is 38.3 Å². The molecule has 0 saturated carbocycles. The first-order valence-electron chi connectivity index (χ1n) is 10.9. The minimum atomic E-state index is -4.09. The van der Waals surface area contributed by atoms with Gasteiger partial charge in [-0.3, -0.25) is 9.89 Å². The number of rotatable bonds is 5. The second kappa shape index (κ2) is 12.7. The van der Waals surface area contributed by atoms with E-state index in [1.807, 2.05) is 13.1 Å². The normalized spacial score (nSPS) is 19.2. The van der Waals surface area contributed by atoms with Gasteiger partial charge in [-0.15, -0.1) is 24.0 Å². The lowest BCUT2D eigenvalue weighted by molar-refractivity contribution is -0.148. The number of hydrogen-bond donors (Lipinski definition) is 1. The molecule has 0 amide bonds. The van der Waals surface area contributed by atoms with Crippen molar-refractivity contribution in [2.24, 2.45) is 10.9 Å². The average Bonchev–Trinajstić information content (AvgIpc) is 2.73. The highest BCUT2D eigenvalue weighted by molar-refractivity contribution is 14.0. The van der Waals surface area contributed by atoms with Crippen LogP contribution in [0, 0.1) is 5.92 Å². The van der Waals surface area contributed by atoms with E-state index in [2.05, 4.69) is 45.6 Å². The van der Waals surface area contributed by atoms with Crippen LogP contribution in [0.15, 0.2) is 40.9 Å². The Kier molecular flexibility index (Phi) is 10.6. The first-order chi connectivity index (χ1) is 14.4. The summed E-state index contributed by atoms with van der Waals surface area (Å²) in [6.07, 6.45) is 2.93. The Morgan fingerprint density at radius 1 is 1.10 bits per heavy atom. The summed E-state index contributed by atoms with van der Waals surface area (Å²) in [4.78, 5) is 8.26. The standard InChI is InChI=1S/C23H33F3N4.HI/c1-27-22(28-12-7-19-8-13-29(14-9-19)18-23(24,25)26)30-15-10-21(11-16-30)17-20-5-3-2-4-6-20;/h2-6,17,19H,7-16,18H2,1H3,(H,27,28);1H. The van der Waals surface area contributed by atoms with Crippen molar-refractivity contribution >= 4 is 36.0 Å². The lowest BCUT2D eigenvalue weighted by Crippen LogP contribution is -2.45. The van der Waals surface area contributed by atoms with Crippen LogP contribution in [0.2, 0.25) is 0 Å². The number of nitrogens with one attached hydrogen (secondary N) is 1. The van der Waals surface area contributed by atoms with Crippen molar-refractivity contribution in [1.82, 2.24) is 15.1 Å². The van der Waals surface area contributed by atoms with Gasteiger partial charge < -0.3 is 10.2 Å². The molecule has 0 atom stereocenters. The zero-order valence-corrected chi connectivity index (χ0v) is 20.5. The number of hydrogen-bond acceptors (Lipinski definition) is 2. The van der Waals surface area contributed by atoms with Gasteiger partial charge in [-0.1, -0.05) is 42.0 Å². The van der Waals surface area contributed by atoms with Gasteiger partial charge in [-0.2, -0.15) is 13.2 Å². The van der Waals surface area contributed by atoms with Crippen molar-refractivity contribution in [3.05, 3.63) is 41.5 Å². The van der Waals surface area contributed by atoms with Gasteiger partial charge in [0.25, 0.3) is 0 Å². The van der Waals surface area contributed by atoms with E-state index in [4.69, 9.17) is 0 Å². The van der Waals surface area contributed by atoms with Crippen molar-refractivity contribution in [3.63, 3.8) is 0 Å². The highest BCUT2D eigenvalue weighted by Gasteiger charge is 2.32. The number of aliphatic imine (C=N–C) groups is 1. The molecule has 2 saturated heterocycles. The van der Waals surface area contributed by atoms with E-state index in [1.165, 1.54) is 16.0 Å². The Hall–Kier alpha value is -1.29. The van der Waals surface area contributed by atoms with Gasteiger partial charge in [0, 0.05) is 26.7 Å². The van der Waals surface area contributed by atoms with Crippen molar-refractivity contribution in [3.8, 4) is 0 Å². The molecule has 2 aliphatic heterocycles. The first-order valence-corrected chi connectivity index (χ1v) is 10.9. The van der Waals surface area contributed by atoms with Gasteiger partial charge in [-0.05, 0) is 56.7 Å². The zero-order chi connectivity index (χ0) is 21.4. The summed E-state index contributed by atoms with van der Waals surface area (Å²) < 4.78 is 37.5. The number of alkyl halides is 3. The van der Waals surface area contributed by atoms with Gasteiger partial charge in [0.1, 0.15) is 0 Å². The maximum absolute atomic E-state index is 12.5. The first kappa shape index (κ1) is 26.0. The van der Waals surface area contributed by atoms with Crippen LogP contribution in [-0.2, 0) is 0 Å². The molecule has 0 bridgehead atoms. The smallest absolute Gasteiger partial charge is 0.356 e. The molecule has 1 aromatic rings. The predicted molar refractivity (Wildman–Crippen MR) is 132 cm³/mol. The molecule has 8 heteroatoms. The lowest BCUT2D eigenvalue weighted by Gasteiger charge is -2.33. The fraction of sp³-hybridized carbons (Fsp3) is 0.609. The van der Waals surface area contributed by atoms with Gasteiger partial charge in [-0.25, -0.2) is 0 Å². The van der Waals surface area contributed by atoms with E-state index in [-0.39, 0.29) is 24.0 Å². The molecule has 31 heavy (non-hydrogen) atoms. The summed E-state index contributed by atoms with van der Waals surface area (Å²) in [5.41, 5.74) is 2.73. The van der Waals surface area contributed by atoms with Crippen molar-refractivity contribution < 1.29 is 13.2 Å². The average molecular weight is 550 g/mol. The molecule has 3 rings (SSSR count). The van der Waals surface area contributed by atoms with Gasteiger partial charge in [0.15, 0.2) is 5.96 Å². The van der Waals surface area contributed by atoms with E-state index in [0.717, 1.165) is 57.7 Å². The predicted octanol–water partition coefficient (Wildman–Crippen LogP) is 5.02. The van der Waals surface area contributed by atoms with Gasteiger partial charge in [0.05, 0.1) is 6.54 Å². The minimum Gasteiger partial charge on any atom is -0.356 e. The molecule has 0 aliphatic carbocycles. The molecule has 2 fully saturated rings. The molecule has 0 spiro atoms. The minimum absolute atomic E-state index is 0. The van der Waals surface area contributed by atoms with E-state index in [0.29, 0.717) is 19.0 Å². The van der Waals surface area contributed by atoms with E-state index >= 15 is 0 Å². The summed E-state index contributed by atoms with van der Waals surface area (Å²) in [7, 11) is 1.81. The Morgan fingerprint density at radius 2 is 1.74 bits per heavy atom. The highest BCUT2D eigenvalue weighted by atomic mass is 127. The van der Waals surface area contributed by atoms with Gasteiger partial charge >= 0.3 is 6.18 Å².